The van der Waals surface area contributed by atoms with Gasteiger partial charge in [-0.2, -0.15) is 22.8 Å². The highest BCUT2D eigenvalue weighted by Gasteiger charge is 2.43. The normalized spacial score (nSPS) is 21.2. The first-order valence-corrected chi connectivity index (χ1v) is 14.6. The van der Waals surface area contributed by atoms with Crippen LogP contribution in [0.4, 0.5) is 13.2 Å². The molecule has 0 amide bonds. The first-order valence-electron chi connectivity index (χ1n) is 14.6. The van der Waals surface area contributed by atoms with Gasteiger partial charge in [-0.25, -0.2) is 4.79 Å². The minimum atomic E-state index is -5.08. The maximum atomic E-state index is 10.6. The zero-order valence-corrected chi connectivity index (χ0v) is 23.4. The maximum Gasteiger partial charge on any atom is 0.490 e. The number of carboxylic acids is 1. The van der Waals surface area contributed by atoms with Crippen LogP contribution in [0.1, 0.15) is 103 Å². The second kappa shape index (κ2) is 12.4. The highest BCUT2D eigenvalue weighted by atomic mass is 19.4. The van der Waals surface area contributed by atoms with Gasteiger partial charge < -0.3 is 9.94 Å². The van der Waals surface area contributed by atoms with Gasteiger partial charge in [0.15, 0.2) is 0 Å². The Morgan fingerprint density at radius 2 is 1.43 bits per heavy atom. The number of carbonyl (C=O) groups is 1. The molecule has 42 heavy (non-hydrogen) atoms. The smallest absolute Gasteiger partial charge is 0.475 e. The molecule has 1 spiro atoms. The van der Waals surface area contributed by atoms with Crippen LogP contribution < -0.4 is 0 Å². The number of piperidine rings is 1. The molecule has 7 nitrogen and oxygen atoms in total. The molecule has 0 bridgehead atoms. The van der Waals surface area contributed by atoms with Gasteiger partial charge in [-0.1, -0.05) is 47.6 Å². The number of nitrogens with zero attached hydrogens (tertiary/aromatic N) is 2. The van der Waals surface area contributed by atoms with Crippen molar-refractivity contribution in [2.24, 2.45) is 5.16 Å². The van der Waals surface area contributed by atoms with Gasteiger partial charge in [0.2, 0.25) is 0 Å². The number of benzene rings is 2. The molecule has 224 valence electrons. The number of halogens is 3. The summed E-state index contributed by atoms with van der Waals surface area (Å²) in [5.74, 6) is -0.174. The second-order valence-corrected chi connectivity index (χ2v) is 12.0. The highest BCUT2D eigenvalue weighted by molar-refractivity contribution is 6.01. The molecule has 10 heteroatoms. The number of aliphatic carboxylic acids is 1. The molecule has 0 aromatic heterocycles. The molecule has 0 radical (unpaired) electrons. The van der Waals surface area contributed by atoms with Crippen molar-refractivity contribution in [3.8, 4) is 0 Å². The van der Waals surface area contributed by atoms with Crippen LogP contribution in [0.2, 0.25) is 0 Å². The van der Waals surface area contributed by atoms with Crippen molar-refractivity contribution >= 4 is 17.8 Å². The van der Waals surface area contributed by atoms with Crippen molar-refractivity contribution in [2.45, 2.75) is 93.9 Å². The summed E-state index contributed by atoms with van der Waals surface area (Å²) in [4.78, 5) is 33.9. The lowest BCUT2D eigenvalue weighted by Gasteiger charge is -2.37. The Balaban J connectivity index is 0.000000308. The zero-order chi connectivity index (χ0) is 29.9. The molecule has 1 N–H and O–H groups in total. The SMILES string of the molecule is O=C(O)C(F)(F)F.O=C=O.c1ccc(C2=NOC3(CCN(Cc4cc(C5CC5)c(C5CC5)cc4C4CC4)CC3)C2)cc1. The van der Waals surface area contributed by atoms with Crippen LogP contribution in [0.3, 0.4) is 0 Å². The number of alkyl halides is 3. The topological polar surface area (TPSA) is 96.3 Å². The Morgan fingerprint density at radius 3 is 1.93 bits per heavy atom. The van der Waals surface area contributed by atoms with Gasteiger partial charge in [0, 0.05) is 38.9 Å². The van der Waals surface area contributed by atoms with Crippen molar-refractivity contribution in [1.29, 1.82) is 0 Å². The van der Waals surface area contributed by atoms with Crippen LogP contribution in [-0.2, 0) is 25.8 Å². The number of rotatable bonds is 6. The number of oxime groups is 1. The summed E-state index contributed by atoms with van der Waals surface area (Å²) >= 11 is 0. The van der Waals surface area contributed by atoms with E-state index in [-0.39, 0.29) is 11.8 Å². The summed E-state index contributed by atoms with van der Waals surface area (Å²) in [5.41, 5.74) is 9.06. The fourth-order valence-electron chi connectivity index (χ4n) is 6.04. The van der Waals surface area contributed by atoms with Crippen LogP contribution >= 0.6 is 0 Å². The minimum Gasteiger partial charge on any atom is -0.475 e. The lowest BCUT2D eigenvalue weighted by atomic mass is 9.85. The Hall–Kier alpha value is -3.49. The summed E-state index contributed by atoms with van der Waals surface area (Å²) < 4.78 is 31.7. The first-order chi connectivity index (χ1) is 20.1. The molecule has 2 heterocycles. The minimum absolute atomic E-state index is 0.0734. The molecule has 3 aliphatic carbocycles. The Kier molecular flexibility index (Phi) is 8.85. The first kappa shape index (κ1) is 30.0. The zero-order valence-electron chi connectivity index (χ0n) is 23.4. The van der Waals surface area contributed by atoms with Gasteiger partial charge in [0.1, 0.15) is 5.60 Å². The number of hydrogen-bond acceptors (Lipinski definition) is 6. The Bertz CT molecular complexity index is 1330. The van der Waals surface area contributed by atoms with Gasteiger partial charge in [0.05, 0.1) is 5.71 Å². The average Bonchev–Trinajstić information content (AvgIpc) is 3.82. The van der Waals surface area contributed by atoms with Gasteiger partial charge in [-0.15, -0.1) is 0 Å². The second-order valence-electron chi connectivity index (χ2n) is 12.0. The lowest BCUT2D eigenvalue weighted by Crippen LogP contribution is -2.44. The van der Waals surface area contributed by atoms with Crippen molar-refractivity contribution < 1.29 is 37.5 Å². The highest BCUT2D eigenvalue weighted by Crippen LogP contribution is 2.52. The summed E-state index contributed by atoms with van der Waals surface area (Å²) in [6, 6.07) is 15.9. The van der Waals surface area contributed by atoms with E-state index < -0.39 is 12.1 Å². The fraction of sp³-hybridized carbons (Fsp3) is 0.531. The van der Waals surface area contributed by atoms with Crippen molar-refractivity contribution in [3.63, 3.8) is 0 Å². The third-order valence-electron chi connectivity index (χ3n) is 8.75. The van der Waals surface area contributed by atoms with Crippen LogP contribution in [0.5, 0.6) is 0 Å². The molecular weight excluding hydrogens is 549 g/mol. The van der Waals surface area contributed by atoms with E-state index >= 15 is 0 Å². The van der Waals surface area contributed by atoms with Crippen LogP contribution in [0.25, 0.3) is 0 Å². The molecule has 2 aromatic carbocycles. The Morgan fingerprint density at radius 1 is 0.929 bits per heavy atom. The van der Waals surface area contributed by atoms with E-state index in [1.165, 1.54) is 44.1 Å². The molecule has 2 aliphatic heterocycles. The van der Waals surface area contributed by atoms with Crippen molar-refractivity contribution in [3.05, 3.63) is 70.3 Å². The van der Waals surface area contributed by atoms with Gasteiger partial charge in [-0.05, 0) is 84.1 Å². The summed E-state index contributed by atoms with van der Waals surface area (Å²) in [5, 5.41) is 11.6. The van der Waals surface area contributed by atoms with Gasteiger partial charge in [0.25, 0.3) is 0 Å². The molecule has 0 atom stereocenters. The number of carboxylic acid groups (broad SMARTS) is 1. The van der Waals surface area contributed by atoms with Gasteiger partial charge in [-0.3, -0.25) is 4.90 Å². The summed E-state index contributed by atoms with van der Waals surface area (Å²) in [6.45, 7) is 3.36. The van der Waals surface area contributed by atoms with E-state index in [1.54, 1.807) is 22.3 Å². The third-order valence-corrected chi connectivity index (χ3v) is 8.75. The molecule has 4 fully saturated rings. The monoisotopic (exact) mass is 584 g/mol. The quantitative estimate of drug-likeness (QED) is 0.415. The van der Waals surface area contributed by atoms with Crippen LogP contribution in [0.15, 0.2) is 47.6 Å². The van der Waals surface area contributed by atoms with E-state index in [9.17, 15) is 13.2 Å². The standard InChI is InChI=1S/C29H34N2O.C2HF3O2.CO2/c1-2-4-23(5-3-1)28-18-29(32-30-28)12-14-31(15-13-29)19-24-16-26(21-8-9-21)27(22-10-11-22)17-25(24)20-6-7-20;3-2(4,5)1(6)7;2-1-3/h1-5,16-17,20-22H,6-15,18-19H2;(H,6,7);. The van der Waals surface area contributed by atoms with Crippen molar-refractivity contribution in [2.75, 3.05) is 13.1 Å². The number of hydrogen-bond donors (Lipinski definition) is 1. The third kappa shape index (κ3) is 7.47. The average molecular weight is 585 g/mol. The largest absolute Gasteiger partial charge is 0.490 e. The Labute approximate surface area is 242 Å². The number of carbonyl (C=O) groups excluding carboxylic acids is 2. The van der Waals surface area contributed by atoms with E-state index in [4.69, 9.17) is 24.3 Å². The molecule has 3 saturated carbocycles. The summed E-state index contributed by atoms with van der Waals surface area (Å²) in [7, 11) is 0. The molecule has 0 unspecified atom stereocenters. The van der Waals surface area contributed by atoms with E-state index in [1.807, 2.05) is 0 Å². The summed E-state index contributed by atoms with van der Waals surface area (Å²) in [6.07, 6.45) is 6.76. The van der Waals surface area contributed by atoms with Gasteiger partial charge >= 0.3 is 18.3 Å². The van der Waals surface area contributed by atoms with E-state index in [0.717, 1.165) is 62.4 Å². The fourth-order valence-corrected chi connectivity index (χ4v) is 6.04. The van der Waals surface area contributed by atoms with E-state index in [0.29, 0.717) is 0 Å². The van der Waals surface area contributed by atoms with Crippen molar-refractivity contribution in [1.82, 2.24) is 4.90 Å². The van der Waals surface area contributed by atoms with E-state index in [2.05, 4.69) is 52.5 Å². The molecule has 1 saturated heterocycles. The predicted molar refractivity (Wildman–Crippen MR) is 147 cm³/mol. The lowest BCUT2D eigenvalue weighted by molar-refractivity contribution is -0.193. The van der Waals surface area contributed by atoms with Crippen LogP contribution in [-0.4, -0.2) is 52.7 Å². The maximum absolute atomic E-state index is 10.6. The molecule has 2 aromatic rings. The number of likely N-dealkylation sites (tertiary alicyclic amines) is 1. The molecule has 7 rings (SSSR count). The molecule has 5 aliphatic rings. The predicted octanol–water partition coefficient (Wildman–Crippen LogP) is 6.53. The van der Waals surface area contributed by atoms with Crippen LogP contribution in [0, 0.1) is 0 Å². The molecular formula is C32H35F3N2O5.